The van der Waals surface area contributed by atoms with Crippen molar-refractivity contribution < 1.29 is 19.7 Å². The number of aliphatic hydroxyl groups is 1. The largest absolute Gasteiger partial charge is 0.504 e. The molecule has 182 valence electrons. The van der Waals surface area contributed by atoms with Gasteiger partial charge in [-0.15, -0.1) is 0 Å². The quantitative estimate of drug-likeness (QED) is 0.546. The van der Waals surface area contributed by atoms with E-state index in [1.807, 2.05) is 30.3 Å². The molecule has 5 aliphatic rings. The van der Waals surface area contributed by atoms with E-state index in [0.29, 0.717) is 36.5 Å². The summed E-state index contributed by atoms with van der Waals surface area (Å²) < 4.78 is 6.33. The first kappa shape index (κ1) is 21.0. The van der Waals surface area contributed by atoms with E-state index in [-0.39, 0.29) is 17.6 Å². The third-order valence-electron chi connectivity index (χ3n) is 9.64. The smallest absolute Gasteiger partial charge is 0.200 e. The van der Waals surface area contributed by atoms with E-state index in [4.69, 9.17) is 4.74 Å². The molecule has 5 heteroatoms. The lowest BCUT2D eigenvalue weighted by molar-refractivity contribution is -0.179. The van der Waals surface area contributed by atoms with Gasteiger partial charge in [-0.25, -0.2) is 0 Å². The minimum atomic E-state index is -1.13. The number of ether oxygens (including phenoxy) is 1. The van der Waals surface area contributed by atoms with E-state index in [2.05, 4.69) is 29.2 Å². The summed E-state index contributed by atoms with van der Waals surface area (Å²) in [4.78, 5) is 16.5. The van der Waals surface area contributed by atoms with Gasteiger partial charge < -0.3 is 14.9 Å². The molecule has 3 aromatic rings. The van der Waals surface area contributed by atoms with Crippen molar-refractivity contribution in [2.45, 2.75) is 55.3 Å². The zero-order valence-electron chi connectivity index (χ0n) is 20.1. The number of benzene rings is 3. The first-order chi connectivity index (χ1) is 17.5. The SMILES string of the molecule is O=C1/C(=C/c2ccc3ccccc3c2)C[C@@]2(O)C3Cc4ccc(O)c5c4C2(CCN3CC2CC2)C1O5. The highest BCUT2D eigenvalue weighted by Crippen LogP contribution is 2.65. The average Bonchev–Trinajstić information content (AvgIpc) is 3.62. The van der Waals surface area contributed by atoms with Crippen molar-refractivity contribution in [3.63, 3.8) is 0 Å². The Morgan fingerprint density at radius 3 is 2.75 bits per heavy atom. The molecule has 2 bridgehead atoms. The molecule has 2 aliphatic heterocycles. The second-order valence-corrected chi connectivity index (χ2v) is 11.6. The number of nitrogens with zero attached hydrogens (tertiary/aromatic N) is 1. The fourth-order valence-electron chi connectivity index (χ4n) is 7.81. The Kier molecular flexibility index (Phi) is 4.07. The van der Waals surface area contributed by atoms with Crippen LogP contribution in [0, 0.1) is 5.92 Å². The van der Waals surface area contributed by atoms with E-state index in [0.717, 1.165) is 40.6 Å². The van der Waals surface area contributed by atoms with E-state index >= 15 is 0 Å². The number of Topliss-reactive ketones (excluding diaryl/α,β-unsaturated/α-hetero) is 1. The summed E-state index contributed by atoms with van der Waals surface area (Å²) in [7, 11) is 0. The van der Waals surface area contributed by atoms with Crippen LogP contribution in [-0.4, -0.2) is 51.7 Å². The molecule has 0 aromatic heterocycles. The maximum absolute atomic E-state index is 14.0. The second-order valence-electron chi connectivity index (χ2n) is 11.6. The Morgan fingerprint density at radius 1 is 1.08 bits per heavy atom. The number of aromatic hydroxyl groups is 1. The predicted octanol–water partition coefficient (Wildman–Crippen LogP) is 4.37. The topological polar surface area (TPSA) is 70.0 Å². The van der Waals surface area contributed by atoms with Gasteiger partial charge in [-0.05, 0) is 78.3 Å². The van der Waals surface area contributed by atoms with Crippen LogP contribution in [0.15, 0.2) is 60.2 Å². The number of piperidine rings is 1. The highest BCUT2D eigenvalue weighted by atomic mass is 16.5. The third kappa shape index (κ3) is 2.60. The molecule has 3 aromatic carbocycles. The number of carbonyl (C=O) groups is 1. The molecular weight excluding hydrogens is 450 g/mol. The minimum absolute atomic E-state index is 0.0617. The predicted molar refractivity (Wildman–Crippen MR) is 137 cm³/mol. The Morgan fingerprint density at radius 2 is 1.92 bits per heavy atom. The van der Waals surface area contributed by atoms with Crippen LogP contribution in [0.1, 0.15) is 42.4 Å². The Hall–Kier alpha value is -3.15. The number of phenolic OH excluding ortho intramolecular Hbond substituents is 1. The molecule has 5 nitrogen and oxygen atoms in total. The van der Waals surface area contributed by atoms with Crippen LogP contribution in [0.2, 0.25) is 0 Å². The lowest BCUT2D eigenvalue weighted by atomic mass is 9.48. The van der Waals surface area contributed by atoms with Crippen molar-refractivity contribution in [3.8, 4) is 11.5 Å². The summed E-state index contributed by atoms with van der Waals surface area (Å²) in [5.41, 5.74) is 1.62. The number of carbonyl (C=O) groups excluding carboxylic acids is 1. The maximum Gasteiger partial charge on any atom is 0.200 e. The number of ketones is 1. The highest BCUT2D eigenvalue weighted by molar-refractivity contribution is 6.06. The van der Waals surface area contributed by atoms with Gasteiger partial charge in [0.2, 0.25) is 0 Å². The summed E-state index contributed by atoms with van der Waals surface area (Å²) in [6.45, 7) is 1.85. The van der Waals surface area contributed by atoms with Crippen LogP contribution in [-0.2, 0) is 16.6 Å². The Bertz CT molecular complexity index is 1490. The van der Waals surface area contributed by atoms with Crippen molar-refractivity contribution in [1.29, 1.82) is 0 Å². The lowest BCUT2D eigenvalue weighted by Crippen LogP contribution is -2.77. The fourth-order valence-corrected chi connectivity index (χ4v) is 7.81. The van der Waals surface area contributed by atoms with Crippen molar-refractivity contribution >= 4 is 22.6 Å². The standard InChI is InChI=1S/C31H29NO4/c33-24-10-9-22-15-25-31(35)16-23(14-19-7-8-20-3-1-2-4-21(20)13-19)27(34)29-30(31,26(22)28(24)36-29)11-12-32(25)17-18-5-6-18/h1-4,7-10,13-14,18,25,29,33,35H,5-6,11-12,15-17H2/b23-14+/t25?,29?,30?,31-/m1/s1. The second kappa shape index (κ2) is 6.99. The van der Waals surface area contributed by atoms with Crippen molar-refractivity contribution in [2.24, 2.45) is 5.92 Å². The molecule has 2 heterocycles. The molecule has 8 rings (SSSR count). The molecule has 4 atom stereocenters. The van der Waals surface area contributed by atoms with Gasteiger partial charge in [0.15, 0.2) is 23.4 Å². The van der Waals surface area contributed by atoms with Crippen LogP contribution in [0.25, 0.3) is 16.8 Å². The van der Waals surface area contributed by atoms with Crippen molar-refractivity contribution in [1.82, 2.24) is 4.90 Å². The van der Waals surface area contributed by atoms with Gasteiger partial charge in [0, 0.05) is 30.1 Å². The molecule has 0 amide bonds. The molecule has 3 aliphatic carbocycles. The lowest BCUT2D eigenvalue weighted by Gasteiger charge is -2.62. The van der Waals surface area contributed by atoms with Crippen molar-refractivity contribution in [2.75, 3.05) is 13.1 Å². The maximum atomic E-state index is 14.0. The Labute approximate surface area is 210 Å². The van der Waals surface area contributed by atoms with Gasteiger partial charge in [0.05, 0.1) is 11.0 Å². The number of phenols is 1. The monoisotopic (exact) mass is 479 g/mol. The normalized spacial score (nSPS) is 33.6. The number of rotatable bonds is 3. The van der Waals surface area contributed by atoms with Gasteiger partial charge in [-0.2, -0.15) is 0 Å². The van der Waals surface area contributed by atoms with Crippen LogP contribution >= 0.6 is 0 Å². The van der Waals surface area contributed by atoms with Crippen LogP contribution in [0.3, 0.4) is 0 Å². The molecule has 1 spiro atoms. The molecule has 36 heavy (non-hydrogen) atoms. The fraction of sp³-hybridized carbons (Fsp3) is 0.387. The van der Waals surface area contributed by atoms with Crippen LogP contribution in [0.5, 0.6) is 11.5 Å². The van der Waals surface area contributed by atoms with Gasteiger partial charge >= 0.3 is 0 Å². The zero-order valence-corrected chi connectivity index (χ0v) is 20.1. The summed E-state index contributed by atoms with van der Waals surface area (Å²) in [5.74, 6) is 1.12. The number of fused-ring (bicyclic) bond motifs is 1. The zero-order chi connectivity index (χ0) is 24.2. The first-order valence-electron chi connectivity index (χ1n) is 13.2. The number of hydrogen-bond acceptors (Lipinski definition) is 5. The molecule has 1 saturated heterocycles. The van der Waals surface area contributed by atoms with Gasteiger partial charge in [-0.3, -0.25) is 9.69 Å². The van der Waals surface area contributed by atoms with Crippen LogP contribution in [0.4, 0.5) is 0 Å². The first-order valence-corrected chi connectivity index (χ1v) is 13.2. The summed E-state index contributed by atoms with van der Waals surface area (Å²) >= 11 is 0. The van der Waals surface area contributed by atoms with E-state index in [9.17, 15) is 15.0 Å². The molecule has 0 radical (unpaired) electrons. The van der Waals surface area contributed by atoms with Gasteiger partial charge in [-0.1, -0.05) is 42.5 Å². The molecular formula is C31H29NO4. The van der Waals surface area contributed by atoms with Crippen molar-refractivity contribution in [3.05, 3.63) is 76.9 Å². The summed E-state index contributed by atoms with van der Waals surface area (Å²) in [5, 5.41) is 25.7. The Balaban J connectivity index is 1.29. The van der Waals surface area contributed by atoms with E-state index < -0.39 is 17.1 Å². The van der Waals surface area contributed by atoms with Gasteiger partial charge in [0.1, 0.15) is 0 Å². The van der Waals surface area contributed by atoms with E-state index in [1.165, 1.54) is 12.8 Å². The molecule has 3 fully saturated rings. The van der Waals surface area contributed by atoms with E-state index in [1.54, 1.807) is 6.07 Å². The average molecular weight is 480 g/mol. The molecule has 2 saturated carbocycles. The highest BCUT2D eigenvalue weighted by Gasteiger charge is 2.74. The molecule has 2 N–H and O–H groups in total. The number of likely N-dealkylation sites (tertiary alicyclic amines) is 1. The third-order valence-corrected chi connectivity index (χ3v) is 9.64. The van der Waals surface area contributed by atoms with Crippen LogP contribution < -0.4 is 4.74 Å². The van der Waals surface area contributed by atoms with Gasteiger partial charge in [0.25, 0.3) is 0 Å². The number of hydrogen-bond donors (Lipinski definition) is 2. The minimum Gasteiger partial charge on any atom is -0.504 e. The molecule has 3 unspecified atom stereocenters. The summed E-state index contributed by atoms with van der Waals surface area (Å²) in [6, 6.07) is 18.0. The summed E-state index contributed by atoms with van der Waals surface area (Å²) in [6.07, 6.45) is 5.34.